The van der Waals surface area contributed by atoms with Crippen molar-refractivity contribution in [2.24, 2.45) is 105 Å². The van der Waals surface area contributed by atoms with Crippen LogP contribution in [0.1, 0.15) is 104 Å². The maximum absolute atomic E-state index is 14.4. The predicted molar refractivity (Wildman–Crippen MR) is 294 cm³/mol. The van der Waals surface area contributed by atoms with E-state index in [1.54, 1.807) is 20.9 Å². The minimum atomic E-state index is -1.38. The Labute approximate surface area is 444 Å². The second-order valence-corrected chi connectivity index (χ2v) is 17.9. The van der Waals surface area contributed by atoms with Crippen molar-refractivity contribution in [1.29, 1.82) is 0 Å². The van der Waals surface area contributed by atoms with Gasteiger partial charge in [-0.2, -0.15) is 0 Å². The van der Waals surface area contributed by atoms with Crippen molar-refractivity contribution in [1.82, 2.24) is 37.2 Å². The van der Waals surface area contributed by atoms with Crippen LogP contribution in [0, 0.1) is 5.92 Å². The van der Waals surface area contributed by atoms with Crippen LogP contribution in [0.4, 0.5) is 0 Å². The van der Waals surface area contributed by atoms with Crippen molar-refractivity contribution < 1.29 is 33.6 Å². The molecule has 6 unspecified atom stereocenters. The minimum Gasteiger partial charge on any atom is -0.370 e. The maximum Gasteiger partial charge on any atom is 0.243 e. The second kappa shape index (κ2) is 39.5. The lowest BCUT2D eigenvalue weighted by atomic mass is 10.0. The van der Waals surface area contributed by atoms with E-state index in [9.17, 15) is 33.6 Å². The number of guanidine groups is 6. The fourth-order valence-corrected chi connectivity index (χ4v) is 7.02. The average molecular weight is 1080 g/mol. The number of hydrogen-bond acceptors (Lipinski definition) is 14. The van der Waals surface area contributed by atoms with Gasteiger partial charge in [-0.25, -0.2) is 0 Å². The van der Waals surface area contributed by atoms with Gasteiger partial charge in [0.1, 0.15) is 36.0 Å². The highest BCUT2D eigenvalue weighted by atomic mass is 16.2. The van der Waals surface area contributed by atoms with Crippen LogP contribution in [0.3, 0.4) is 0 Å². The third kappa shape index (κ3) is 33.7. The van der Waals surface area contributed by atoms with Crippen LogP contribution in [0.15, 0.2) is 30.0 Å². The number of ketones is 1. The number of hydrogen-bond donors (Lipinski definition) is 19. The van der Waals surface area contributed by atoms with Crippen molar-refractivity contribution in [3.05, 3.63) is 0 Å². The maximum atomic E-state index is 14.4. The fraction of sp³-hybridized carbons (Fsp3) is 0.705. The Hall–Kier alpha value is -7.93. The van der Waals surface area contributed by atoms with Gasteiger partial charge >= 0.3 is 0 Å². The molecule has 0 heterocycles. The number of Topliss-reactive ketones (excluding diaryl/α,β-unsaturated/α-hetero) is 1. The van der Waals surface area contributed by atoms with Crippen molar-refractivity contribution >= 4 is 77.0 Å². The number of carbonyl (C=O) groups is 7. The van der Waals surface area contributed by atoms with E-state index < -0.39 is 71.7 Å². The molecule has 6 atom stereocenters. The third-order valence-corrected chi connectivity index (χ3v) is 11.0. The lowest BCUT2D eigenvalue weighted by Gasteiger charge is -2.27. The Morgan fingerprint density at radius 3 is 0.789 bits per heavy atom. The molecule has 0 fully saturated rings. The molecule has 0 radical (unpaired) electrons. The molecule has 0 bridgehead atoms. The Morgan fingerprint density at radius 2 is 0.566 bits per heavy atom. The number of carbonyl (C=O) groups excluding carboxylic acids is 7. The number of amides is 6. The lowest BCUT2D eigenvalue weighted by molar-refractivity contribution is -0.135. The molecule has 0 aliphatic carbocycles. The van der Waals surface area contributed by atoms with E-state index in [0.717, 1.165) is 0 Å². The molecule has 0 rings (SSSR count). The fourth-order valence-electron chi connectivity index (χ4n) is 7.02. The molecule has 0 aromatic carbocycles. The van der Waals surface area contributed by atoms with E-state index in [1.165, 1.54) is 0 Å². The topological polar surface area (TPSA) is 590 Å². The molecule has 0 aromatic heterocycles. The van der Waals surface area contributed by atoms with Gasteiger partial charge in [-0.15, -0.1) is 0 Å². The van der Waals surface area contributed by atoms with Crippen molar-refractivity contribution in [3.63, 3.8) is 0 Å². The number of rotatable bonds is 41. The summed E-state index contributed by atoms with van der Waals surface area (Å²) in [5.41, 5.74) is 66.1. The predicted octanol–water partition coefficient (Wildman–Crippen LogP) is -7.56. The van der Waals surface area contributed by atoms with E-state index in [4.69, 9.17) is 68.8 Å². The molecular weight excluding hydrogens is 991 g/mol. The molecule has 32 nitrogen and oxygen atoms in total. The normalized spacial score (nSPS) is 13.1. The molecule has 0 aliphatic heterocycles. The van der Waals surface area contributed by atoms with Crippen LogP contribution < -0.4 is 106 Å². The number of nitrogens with zero attached hydrogens (tertiary/aromatic N) is 6. The summed E-state index contributed by atoms with van der Waals surface area (Å²) in [6, 6.07) is -7.20. The van der Waals surface area contributed by atoms with E-state index >= 15 is 0 Å². The second-order valence-electron chi connectivity index (χ2n) is 17.9. The highest BCUT2D eigenvalue weighted by Crippen LogP contribution is 2.10. The summed E-state index contributed by atoms with van der Waals surface area (Å²) in [5.74, 6) is -5.55. The molecule has 32 heteroatoms. The molecule has 31 N–H and O–H groups in total. The van der Waals surface area contributed by atoms with Gasteiger partial charge in [0.05, 0.1) is 6.04 Å². The highest BCUT2D eigenvalue weighted by molar-refractivity contribution is 5.97. The third-order valence-electron chi connectivity index (χ3n) is 11.0. The van der Waals surface area contributed by atoms with E-state index in [2.05, 4.69) is 67.2 Å². The van der Waals surface area contributed by atoms with E-state index in [-0.39, 0.29) is 164 Å². The largest absolute Gasteiger partial charge is 0.370 e. The zero-order valence-electron chi connectivity index (χ0n) is 44.4. The quantitative estimate of drug-likeness (QED) is 0.0154. The average Bonchev–Trinajstić information content (AvgIpc) is 3.33. The number of likely N-dealkylation sites (N-methyl/N-ethyl adjacent to an activating group) is 1. The van der Waals surface area contributed by atoms with Crippen LogP contribution in [0.2, 0.25) is 0 Å². The van der Waals surface area contributed by atoms with E-state index in [0.29, 0.717) is 19.3 Å². The first-order chi connectivity index (χ1) is 35.9. The smallest absolute Gasteiger partial charge is 0.243 e. The zero-order valence-corrected chi connectivity index (χ0v) is 44.4. The van der Waals surface area contributed by atoms with Crippen LogP contribution >= 0.6 is 0 Å². The molecule has 0 saturated heterocycles. The monoisotopic (exact) mass is 1080 g/mol. The SMILES string of the molecule is CNC(CCCN=C(N)N)C(=O)NC(CCCN=C(N)N)C(=O)NC(CCCN=C(N)N)C(=O)NC(CCCN=C(N)N)C(=O)NC(CCCN=C(N)N)C(=O)NC(CCCN=C(N)N)C(=O)NCCCC(=O)C(C)C. The van der Waals surface area contributed by atoms with Crippen LogP contribution in [-0.2, 0) is 33.6 Å². The Morgan fingerprint density at radius 1 is 0.342 bits per heavy atom. The summed E-state index contributed by atoms with van der Waals surface area (Å²) < 4.78 is 0. The molecule has 432 valence electrons. The van der Waals surface area contributed by atoms with Gasteiger partial charge in [0, 0.05) is 58.2 Å². The first-order valence-corrected chi connectivity index (χ1v) is 25.2. The van der Waals surface area contributed by atoms with Gasteiger partial charge in [0.25, 0.3) is 0 Å². The van der Waals surface area contributed by atoms with Gasteiger partial charge in [0.2, 0.25) is 35.4 Å². The Kier molecular flexibility index (Phi) is 35.4. The number of aliphatic imine (C=N–C) groups is 6. The summed E-state index contributed by atoms with van der Waals surface area (Å²) in [6.07, 6.45) is 2.18. The standard InChI is InChI=1S/C44H89N25O7/c1-25(2)32(70)17-10-18-58-33(71)27(12-5-20-60-40(47)48)65-35(73)29(14-7-22-62-42(51)52)67-37(75)31(16-9-24-64-44(55)56)69-38(76)30(15-8-23-63-43(53)54)68-36(74)28(13-6-21-61-41(49)50)66-34(72)26(57-3)11-4-19-59-39(45)46/h25-31,57H,4-24H2,1-3H3,(H,58,71)(H,65,73)(H,66,72)(H,67,75)(H,68,74)(H,69,76)(H4,45,46,59)(H4,47,48,60)(H4,49,50,61)(H4,51,52,62)(H4,53,54,63)(H4,55,56,64). The van der Waals surface area contributed by atoms with Crippen molar-refractivity contribution in [2.75, 3.05) is 52.9 Å². The molecule has 0 saturated carbocycles. The minimum absolute atomic E-state index is 0.0268. The molecule has 0 aliphatic rings. The van der Waals surface area contributed by atoms with Crippen LogP contribution in [-0.4, -0.2) is 166 Å². The summed E-state index contributed by atoms with van der Waals surface area (Å²) in [4.78, 5) is 120. The summed E-state index contributed by atoms with van der Waals surface area (Å²) in [7, 11) is 1.57. The van der Waals surface area contributed by atoms with Crippen LogP contribution in [0.25, 0.3) is 0 Å². The molecule has 0 aromatic rings. The lowest BCUT2D eigenvalue weighted by Crippen LogP contribution is -2.59. The van der Waals surface area contributed by atoms with Gasteiger partial charge in [0.15, 0.2) is 35.8 Å². The molecular formula is C44H89N25O7. The summed E-state index contributed by atoms with van der Waals surface area (Å²) in [5, 5.41) is 19.2. The number of nitrogens with one attached hydrogen (secondary N) is 7. The Balaban J connectivity index is 7.05. The first-order valence-electron chi connectivity index (χ1n) is 25.2. The summed E-state index contributed by atoms with van der Waals surface area (Å²) in [6.45, 7) is 4.33. The molecule has 76 heavy (non-hydrogen) atoms. The van der Waals surface area contributed by atoms with Gasteiger partial charge in [-0.1, -0.05) is 13.8 Å². The Bertz CT molecular complexity index is 1990. The molecule has 0 spiro atoms. The molecule has 6 amide bonds. The summed E-state index contributed by atoms with van der Waals surface area (Å²) >= 11 is 0. The first kappa shape index (κ1) is 68.1. The highest BCUT2D eigenvalue weighted by Gasteiger charge is 2.33. The van der Waals surface area contributed by atoms with Crippen molar-refractivity contribution in [3.8, 4) is 0 Å². The van der Waals surface area contributed by atoms with Crippen molar-refractivity contribution in [2.45, 2.75) is 140 Å². The van der Waals surface area contributed by atoms with Gasteiger partial charge in [-0.05, 0) is 90.5 Å². The van der Waals surface area contributed by atoms with Crippen LogP contribution in [0.5, 0.6) is 0 Å². The van der Waals surface area contributed by atoms with Gasteiger partial charge in [-0.3, -0.25) is 63.5 Å². The number of nitrogens with two attached hydrogens (primary N) is 12. The van der Waals surface area contributed by atoms with Gasteiger partial charge < -0.3 is 106 Å². The zero-order chi connectivity index (χ0) is 57.6. The van der Waals surface area contributed by atoms with E-state index in [1.807, 2.05) is 0 Å².